The summed E-state index contributed by atoms with van der Waals surface area (Å²) >= 11 is 5.68. The number of guanidine groups is 1. The molecule has 0 aliphatic rings. The van der Waals surface area contributed by atoms with Crippen LogP contribution in [0.15, 0.2) is 23.3 Å². The van der Waals surface area contributed by atoms with Gasteiger partial charge < -0.3 is 11.1 Å². The fraction of sp³-hybridized carbons (Fsp3) is 0.455. The first-order valence-electron chi connectivity index (χ1n) is 5.28. The summed E-state index contributed by atoms with van der Waals surface area (Å²) in [4.78, 5) is 8.18. The highest BCUT2D eigenvalue weighted by atomic mass is 35.5. The minimum Gasteiger partial charge on any atom is -0.370 e. The summed E-state index contributed by atoms with van der Waals surface area (Å²) < 4.78 is 0. The molecule has 4 nitrogen and oxygen atoms in total. The third kappa shape index (κ3) is 4.49. The van der Waals surface area contributed by atoms with Crippen LogP contribution in [-0.2, 0) is 6.54 Å². The molecule has 0 spiro atoms. The quantitative estimate of drug-likeness (QED) is 0.480. The van der Waals surface area contributed by atoms with E-state index in [0.717, 1.165) is 12.0 Å². The van der Waals surface area contributed by atoms with Gasteiger partial charge in [-0.1, -0.05) is 24.6 Å². The van der Waals surface area contributed by atoms with Crippen LogP contribution in [0.1, 0.15) is 25.8 Å². The number of nitrogens with one attached hydrogen (secondary N) is 1. The monoisotopic (exact) mass is 240 g/mol. The highest BCUT2D eigenvalue weighted by molar-refractivity contribution is 6.29. The Kier molecular flexibility index (Phi) is 5.05. The number of nitrogens with zero attached hydrogens (tertiary/aromatic N) is 2. The second kappa shape index (κ2) is 6.33. The van der Waals surface area contributed by atoms with Gasteiger partial charge in [0, 0.05) is 12.2 Å². The molecule has 0 saturated carbocycles. The summed E-state index contributed by atoms with van der Waals surface area (Å²) in [5, 5.41) is 3.58. The van der Waals surface area contributed by atoms with Crippen molar-refractivity contribution in [3.63, 3.8) is 0 Å². The smallest absolute Gasteiger partial charge is 0.189 e. The Morgan fingerprint density at radius 3 is 2.94 bits per heavy atom. The zero-order chi connectivity index (χ0) is 12.0. The molecule has 0 aliphatic heterocycles. The van der Waals surface area contributed by atoms with Crippen LogP contribution >= 0.6 is 11.6 Å². The number of hydrogen-bond acceptors (Lipinski definition) is 2. The van der Waals surface area contributed by atoms with Crippen molar-refractivity contribution in [1.82, 2.24) is 10.3 Å². The van der Waals surface area contributed by atoms with Gasteiger partial charge in [0.15, 0.2) is 5.96 Å². The van der Waals surface area contributed by atoms with E-state index in [2.05, 4.69) is 29.1 Å². The van der Waals surface area contributed by atoms with E-state index in [4.69, 9.17) is 17.3 Å². The van der Waals surface area contributed by atoms with E-state index in [1.54, 1.807) is 12.3 Å². The Morgan fingerprint density at radius 2 is 2.38 bits per heavy atom. The van der Waals surface area contributed by atoms with Gasteiger partial charge in [-0.3, -0.25) is 0 Å². The van der Waals surface area contributed by atoms with Crippen LogP contribution < -0.4 is 11.1 Å². The molecule has 1 unspecified atom stereocenters. The Morgan fingerprint density at radius 1 is 1.62 bits per heavy atom. The van der Waals surface area contributed by atoms with Crippen molar-refractivity contribution < 1.29 is 0 Å². The lowest BCUT2D eigenvalue weighted by atomic mass is 10.3. The van der Waals surface area contributed by atoms with E-state index < -0.39 is 0 Å². The SMILES string of the molecule is CCC(C)NC(N)=NCc1ccc(Cl)nc1. The molecule has 1 heterocycles. The predicted molar refractivity (Wildman–Crippen MR) is 67.5 cm³/mol. The van der Waals surface area contributed by atoms with Crippen molar-refractivity contribution in [2.75, 3.05) is 0 Å². The van der Waals surface area contributed by atoms with Crippen LogP contribution in [0.4, 0.5) is 0 Å². The average molecular weight is 241 g/mol. The topological polar surface area (TPSA) is 63.3 Å². The number of aromatic nitrogens is 1. The van der Waals surface area contributed by atoms with Crippen LogP contribution in [0.3, 0.4) is 0 Å². The van der Waals surface area contributed by atoms with E-state index in [-0.39, 0.29) is 0 Å². The van der Waals surface area contributed by atoms with Gasteiger partial charge in [0.2, 0.25) is 0 Å². The molecule has 0 fully saturated rings. The Hall–Kier alpha value is -1.29. The molecule has 1 aromatic heterocycles. The third-order valence-electron chi connectivity index (χ3n) is 2.23. The lowest BCUT2D eigenvalue weighted by Crippen LogP contribution is -2.38. The van der Waals surface area contributed by atoms with Gasteiger partial charge >= 0.3 is 0 Å². The standard InChI is InChI=1S/C11H17ClN4/c1-3-8(2)16-11(13)15-7-9-4-5-10(12)14-6-9/h4-6,8H,3,7H2,1-2H3,(H3,13,15,16). The van der Waals surface area contributed by atoms with Gasteiger partial charge in [-0.2, -0.15) is 0 Å². The third-order valence-corrected chi connectivity index (χ3v) is 2.45. The molecule has 1 rings (SSSR count). The number of halogens is 1. The van der Waals surface area contributed by atoms with Crippen molar-refractivity contribution in [3.8, 4) is 0 Å². The highest BCUT2D eigenvalue weighted by Gasteiger charge is 1.99. The summed E-state index contributed by atoms with van der Waals surface area (Å²) in [5.74, 6) is 0.462. The van der Waals surface area contributed by atoms with E-state index in [9.17, 15) is 0 Å². The second-order valence-corrected chi connectivity index (χ2v) is 4.03. The van der Waals surface area contributed by atoms with Crippen molar-refractivity contribution in [2.24, 2.45) is 10.7 Å². The Balaban J connectivity index is 2.49. The van der Waals surface area contributed by atoms with Gasteiger partial charge in [-0.25, -0.2) is 9.98 Å². The van der Waals surface area contributed by atoms with Crippen LogP contribution in [0.2, 0.25) is 5.15 Å². The minimum atomic E-state index is 0.340. The maximum absolute atomic E-state index is 5.72. The fourth-order valence-electron chi connectivity index (χ4n) is 1.08. The summed E-state index contributed by atoms with van der Waals surface area (Å²) in [6.07, 6.45) is 2.71. The van der Waals surface area contributed by atoms with E-state index in [1.165, 1.54) is 0 Å². The first-order valence-corrected chi connectivity index (χ1v) is 5.66. The lowest BCUT2D eigenvalue weighted by Gasteiger charge is -2.11. The van der Waals surface area contributed by atoms with Crippen molar-refractivity contribution in [2.45, 2.75) is 32.9 Å². The molecule has 16 heavy (non-hydrogen) atoms. The molecule has 0 saturated heterocycles. The number of rotatable bonds is 4. The Labute approximate surface area is 101 Å². The molecule has 3 N–H and O–H groups in total. The van der Waals surface area contributed by atoms with Gasteiger partial charge in [-0.15, -0.1) is 0 Å². The molecule has 0 aliphatic carbocycles. The first kappa shape index (κ1) is 12.8. The molecular weight excluding hydrogens is 224 g/mol. The molecule has 0 amide bonds. The number of nitrogens with two attached hydrogens (primary N) is 1. The highest BCUT2D eigenvalue weighted by Crippen LogP contribution is 2.05. The van der Waals surface area contributed by atoms with Crippen LogP contribution in [0.25, 0.3) is 0 Å². The van der Waals surface area contributed by atoms with E-state index in [0.29, 0.717) is 23.7 Å². The fourth-order valence-corrected chi connectivity index (χ4v) is 1.19. The molecule has 88 valence electrons. The number of hydrogen-bond donors (Lipinski definition) is 2. The summed E-state index contributed by atoms with van der Waals surface area (Å²) in [6, 6.07) is 3.96. The lowest BCUT2D eigenvalue weighted by molar-refractivity contribution is 0.636. The van der Waals surface area contributed by atoms with Crippen LogP contribution in [0, 0.1) is 0 Å². The molecule has 0 radical (unpaired) electrons. The largest absolute Gasteiger partial charge is 0.370 e. The molecule has 1 aromatic rings. The first-order chi connectivity index (χ1) is 7.61. The zero-order valence-electron chi connectivity index (χ0n) is 9.57. The van der Waals surface area contributed by atoms with Gasteiger partial charge in [0.25, 0.3) is 0 Å². The van der Waals surface area contributed by atoms with Crippen molar-refractivity contribution >= 4 is 17.6 Å². The van der Waals surface area contributed by atoms with Crippen LogP contribution in [0.5, 0.6) is 0 Å². The maximum Gasteiger partial charge on any atom is 0.189 e. The van der Waals surface area contributed by atoms with Gasteiger partial charge in [0.05, 0.1) is 6.54 Å². The van der Waals surface area contributed by atoms with E-state index in [1.807, 2.05) is 6.07 Å². The number of pyridine rings is 1. The maximum atomic E-state index is 5.72. The normalized spacial score (nSPS) is 13.6. The second-order valence-electron chi connectivity index (χ2n) is 3.64. The minimum absolute atomic E-state index is 0.340. The number of aliphatic imine (C=N–C) groups is 1. The van der Waals surface area contributed by atoms with Gasteiger partial charge in [0.1, 0.15) is 5.15 Å². The average Bonchev–Trinajstić information content (AvgIpc) is 2.28. The molecule has 1 atom stereocenters. The summed E-state index contributed by atoms with van der Waals surface area (Å²) in [5.41, 5.74) is 6.70. The van der Waals surface area contributed by atoms with Crippen molar-refractivity contribution in [3.05, 3.63) is 29.0 Å². The van der Waals surface area contributed by atoms with Gasteiger partial charge in [-0.05, 0) is 25.0 Å². The van der Waals surface area contributed by atoms with Crippen molar-refractivity contribution in [1.29, 1.82) is 0 Å². The summed E-state index contributed by atoms with van der Waals surface area (Å²) in [7, 11) is 0. The van der Waals surface area contributed by atoms with E-state index >= 15 is 0 Å². The zero-order valence-corrected chi connectivity index (χ0v) is 10.3. The molecule has 0 bridgehead atoms. The molecule has 0 aromatic carbocycles. The molecule has 5 heteroatoms. The Bertz CT molecular complexity index is 348. The van der Waals surface area contributed by atoms with Crippen LogP contribution in [-0.4, -0.2) is 17.0 Å². The molecular formula is C11H17ClN4. The predicted octanol–water partition coefficient (Wildman–Crippen LogP) is 1.94. The summed E-state index contributed by atoms with van der Waals surface area (Å²) in [6.45, 7) is 4.67.